The Bertz CT molecular complexity index is 68.0. The summed E-state index contributed by atoms with van der Waals surface area (Å²) in [7, 11) is 0. The lowest BCUT2D eigenvalue weighted by atomic mass is 10.0. The van der Waals surface area contributed by atoms with Crippen molar-refractivity contribution in [1.29, 1.82) is 0 Å². The van der Waals surface area contributed by atoms with Crippen molar-refractivity contribution >= 4 is 0 Å². The summed E-state index contributed by atoms with van der Waals surface area (Å²) in [6, 6.07) is 0. The van der Waals surface area contributed by atoms with Crippen LogP contribution < -0.4 is 0 Å². The first-order chi connectivity index (χ1) is 4.50. The summed E-state index contributed by atoms with van der Waals surface area (Å²) in [4.78, 5) is 0. The van der Waals surface area contributed by atoms with Crippen LogP contribution in [0.4, 0.5) is 0 Å². The molecule has 0 nitrogen and oxygen atoms in total. The number of rotatable bonds is 0. The van der Waals surface area contributed by atoms with E-state index < -0.39 is 0 Å². The van der Waals surface area contributed by atoms with Gasteiger partial charge in [-0.3, -0.25) is 0 Å². The average Bonchev–Trinajstić information content (AvgIpc) is 2.07. The third-order valence-corrected chi connectivity index (χ3v) is 1.91. The van der Waals surface area contributed by atoms with E-state index in [-0.39, 0.29) is 0 Å². The molecule has 9 heavy (non-hydrogen) atoms. The van der Waals surface area contributed by atoms with Crippen molar-refractivity contribution in [3.05, 3.63) is 12.2 Å². The predicted octanol–water partition coefficient (Wildman–Crippen LogP) is 3.29. The minimum absolute atomic E-state index is 1.32. The zero-order valence-electron chi connectivity index (χ0n) is 6.10. The van der Waals surface area contributed by atoms with Gasteiger partial charge in [0.15, 0.2) is 0 Å². The summed E-state index contributed by atoms with van der Waals surface area (Å²) < 4.78 is 0. The molecule has 0 radical (unpaired) electrons. The van der Waals surface area contributed by atoms with Gasteiger partial charge in [-0.2, -0.15) is 0 Å². The van der Waals surface area contributed by atoms with Gasteiger partial charge < -0.3 is 0 Å². The fraction of sp³-hybridized carbons (Fsp3) is 0.778. The molecule has 52 valence electrons. The second kappa shape index (κ2) is 4.60. The summed E-state index contributed by atoms with van der Waals surface area (Å²) >= 11 is 0. The highest BCUT2D eigenvalue weighted by atomic mass is 14.0. The van der Waals surface area contributed by atoms with Gasteiger partial charge in [0.05, 0.1) is 0 Å². The molecule has 0 spiro atoms. The quantitative estimate of drug-likeness (QED) is 0.435. The smallest absolute Gasteiger partial charge is 0.0348 e. The molecule has 0 amide bonds. The minimum atomic E-state index is 1.32. The first-order valence-corrected chi connectivity index (χ1v) is 4.15. The SMILES string of the molecule is C1=CCCC1.C1CCC1. The normalized spacial score (nSPS) is 22.2. The van der Waals surface area contributed by atoms with E-state index in [1.165, 1.54) is 44.9 Å². The summed E-state index contributed by atoms with van der Waals surface area (Å²) in [6.07, 6.45) is 14.5. The van der Waals surface area contributed by atoms with Crippen molar-refractivity contribution in [3.63, 3.8) is 0 Å². The minimum Gasteiger partial charge on any atom is -0.0885 e. The standard InChI is InChI=1S/C5H8.C4H8/c1-2-4-5-3-1;1-2-4-3-1/h1-2H,3-5H2;1-4H2. The van der Waals surface area contributed by atoms with Crippen LogP contribution in [0.2, 0.25) is 0 Å². The van der Waals surface area contributed by atoms with Crippen LogP contribution in [-0.2, 0) is 0 Å². The maximum atomic E-state index is 2.24. The van der Waals surface area contributed by atoms with E-state index in [2.05, 4.69) is 12.2 Å². The molecule has 2 rings (SSSR count). The molecule has 1 fully saturated rings. The zero-order chi connectivity index (χ0) is 6.36. The van der Waals surface area contributed by atoms with Crippen LogP contribution in [0.15, 0.2) is 12.2 Å². The molecule has 1 saturated carbocycles. The fourth-order valence-corrected chi connectivity index (χ4v) is 0.839. The Kier molecular flexibility index (Phi) is 3.51. The van der Waals surface area contributed by atoms with E-state index in [1.807, 2.05) is 0 Å². The van der Waals surface area contributed by atoms with Crippen molar-refractivity contribution in [2.45, 2.75) is 44.9 Å². The topological polar surface area (TPSA) is 0 Å². The maximum absolute atomic E-state index is 2.24. The largest absolute Gasteiger partial charge is 0.0885 e. The van der Waals surface area contributed by atoms with Crippen molar-refractivity contribution in [2.75, 3.05) is 0 Å². The van der Waals surface area contributed by atoms with Crippen LogP contribution in [-0.4, -0.2) is 0 Å². The molecular formula is C9H16. The molecule has 0 aromatic rings. The fourth-order valence-electron chi connectivity index (χ4n) is 0.839. The van der Waals surface area contributed by atoms with Crippen molar-refractivity contribution in [3.8, 4) is 0 Å². The summed E-state index contributed by atoms with van der Waals surface area (Å²) in [5.41, 5.74) is 0. The molecule has 0 atom stereocenters. The van der Waals surface area contributed by atoms with Crippen molar-refractivity contribution < 1.29 is 0 Å². The first-order valence-electron chi connectivity index (χ1n) is 4.15. The van der Waals surface area contributed by atoms with Gasteiger partial charge in [-0.25, -0.2) is 0 Å². The van der Waals surface area contributed by atoms with Gasteiger partial charge in [0, 0.05) is 0 Å². The lowest BCUT2D eigenvalue weighted by molar-refractivity contribution is 0.504. The Morgan fingerprint density at radius 2 is 1.00 bits per heavy atom. The highest BCUT2D eigenvalue weighted by Crippen LogP contribution is 2.15. The van der Waals surface area contributed by atoms with E-state index in [1.54, 1.807) is 0 Å². The third kappa shape index (κ3) is 3.34. The molecule has 0 N–H and O–H groups in total. The van der Waals surface area contributed by atoms with Crippen LogP contribution in [0, 0.1) is 0 Å². The van der Waals surface area contributed by atoms with Crippen LogP contribution in [0.3, 0.4) is 0 Å². The van der Waals surface area contributed by atoms with Crippen LogP contribution >= 0.6 is 0 Å². The molecule has 0 bridgehead atoms. The number of allylic oxidation sites excluding steroid dienone is 2. The molecular weight excluding hydrogens is 108 g/mol. The Hall–Kier alpha value is -0.260. The Morgan fingerprint density at radius 1 is 0.556 bits per heavy atom. The molecule has 0 aliphatic heterocycles. The molecule has 0 aromatic carbocycles. The van der Waals surface area contributed by atoms with Gasteiger partial charge in [-0.15, -0.1) is 0 Å². The lowest BCUT2D eigenvalue weighted by Gasteiger charge is -2.05. The monoisotopic (exact) mass is 124 g/mol. The molecule has 0 heterocycles. The van der Waals surface area contributed by atoms with Crippen molar-refractivity contribution in [2.24, 2.45) is 0 Å². The predicted molar refractivity (Wildman–Crippen MR) is 41.5 cm³/mol. The Morgan fingerprint density at radius 3 is 1.11 bits per heavy atom. The first kappa shape index (κ1) is 6.85. The third-order valence-electron chi connectivity index (χ3n) is 1.91. The zero-order valence-corrected chi connectivity index (χ0v) is 6.10. The molecule has 0 heteroatoms. The summed E-state index contributed by atoms with van der Waals surface area (Å²) in [6.45, 7) is 0. The summed E-state index contributed by atoms with van der Waals surface area (Å²) in [5.74, 6) is 0. The second-order valence-corrected chi connectivity index (χ2v) is 2.82. The van der Waals surface area contributed by atoms with E-state index >= 15 is 0 Å². The molecule has 0 unspecified atom stereocenters. The lowest BCUT2D eigenvalue weighted by Crippen LogP contribution is -1.85. The Balaban J connectivity index is 0.0000000922. The molecule has 2 aliphatic carbocycles. The van der Waals surface area contributed by atoms with Gasteiger partial charge >= 0.3 is 0 Å². The van der Waals surface area contributed by atoms with Crippen LogP contribution in [0.1, 0.15) is 44.9 Å². The number of hydrogen-bond donors (Lipinski definition) is 0. The van der Waals surface area contributed by atoms with Gasteiger partial charge in [0.25, 0.3) is 0 Å². The van der Waals surface area contributed by atoms with Crippen LogP contribution in [0.25, 0.3) is 0 Å². The molecule has 0 saturated heterocycles. The highest BCUT2D eigenvalue weighted by Gasteiger charge is 1.95. The highest BCUT2D eigenvalue weighted by molar-refractivity contribution is 4.88. The number of hydrogen-bond acceptors (Lipinski definition) is 0. The second-order valence-electron chi connectivity index (χ2n) is 2.82. The van der Waals surface area contributed by atoms with Gasteiger partial charge in [-0.05, 0) is 19.3 Å². The average molecular weight is 124 g/mol. The Labute approximate surface area is 58.0 Å². The van der Waals surface area contributed by atoms with E-state index in [0.29, 0.717) is 0 Å². The van der Waals surface area contributed by atoms with Gasteiger partial charge in [-0.1, -0.05) is 37.8 Å². The maximum Gasteiger partial charge on any atom is -0.0348 e. The van der Waals surface area contributed by atoms with Gasteiger partial charge in [0.1, 0.15) is 0 Å². The molecule has 2 aliphatic rings. The van der Waals surface area contributed by atoms with Gasteiger partial charge in [0.2, 0.25) is 0 Å². The van der Waals surface area contributed by atoms with E-state index in [9.17, 15) is 0 Å². The van der Waals surface area contributed by atoms with E-state index in [0.717, 1.165) is 0 Å². The molecule has 0 aromatic heterocycles. The van der Waals surface area contributed by atoms with Crippen molar-refractivity contribution in [1.82, 2.24) is 0 Å². The summed E-state index contributed by atoms with van der Waals surface area (Å²) in [5, 5.41) is 0. The van der Waals surface area contributed by atoms with Crippen LogP contribution in [0.5, 0.6) is 0 Å². The van der Waals surface area contributed by atoms with E-state index in [4.69, 9.17) is 0 Å².